The van der Waals surface area contributed by atoms with Gasteiger partial charge in [0.25, 0.3) is 0 Å². The molecule has 0 aromatic carbocycles. The minimum absolute atomic E-state index is 0.00171. The second-order valence-electron chi connectivity index (χ2n) is 3.04. The van der Waals surface area contributed by atoms with E-state index in [4.69, 9.17) is 4.84 Å². The third-order valence-electron chi connectivity index (χ3n) is 2.14. The average molecular weight is 165 g/mol. The molecule has 1 saturated heterocycles. The molecule has 1 fully saturated rings. The van der Waals surface area contributed by atoms with Crippen molar-refractivity contribution in [1.29, 1.82) is 0 Å². The molecule has 0 spiro atoms. The first-order chi connectivity index (χ1) is 5.81. The molecule has 0 unspecified atom stereocenters. The van der Waals surface area contributed by atoms with E-state index >= 15 is 0 Å². The zero-order chi connectivity index (χ0) is 8.55. The van der Waals surface area contributed by atoms with E-state index in [2.05, 4.69) is 6.58 Å². The van der Waals surface area contributed by atoms with Gasteiger partial charge < -0.3 is 0 Å². The van der Waals surface area contributed by atoms with Gasteiger partial charge in [0.1, 0.15) is 6.10 Å². The highest BCUT2D eigenvalue weighted by atomic mass is 16.7. The molecule has 1 aliphatic carbocycles. The fourth-order valence-electron chi connectivity index (χ4n) is 1.58. The van der Waals surface area contributed by atoms with Crippen LogP contribution in [-0.2, 0) is 9.63 Å². The fourth-order valence-corrected chi connectivity index (χ4v) is 1.58. The van der Waals surface area contributed by atoms with Gasteiger partial charge in [0, 0.05) is 12.8 Å². The Kier molecular flexibility index (Phi) is 1.73. The molecular formula is C9H11NO2. The molecule has 0 N–H and O–H groups in total. The Morgan fingerprint density at radius 1 is 1.75 bits per heavy atom. The maximum Gasteiger partial charge on any atom is 0.250 e. The third-order valence-corrected chi connectivity index (χ3v) is 2.14. The zero-order valence-corrected chi connectivity index (χ0v) is 6.77. The predicted molar refractivity (Wildman–Crippen MR) is 44.1 cm³/mol. The Morgan fingerprint density at radius 2 is 2.58 bits per heavy atom. The maximum absolute atomic E-state index is 11.3. The first-order valence-electron chi connectivity index (χ1n) is 4.09. The molecule has 1 aliphatic heterocycles. The molecular weight excluding hydrogens is 154 g/mol. The summed E-state index contributed by atoms with van der Waals surface area (Å²) in [4.78, 5) is 16.7. The normalized spacial score (nSPS) is 31.2. The number of rotatable bonds is 2. The summed E-state index contributed by atoms with van der Waals surface area (Å²) in [7, 11) is 0. The van der Waals surface area contributed by atoms with Gasteiger partial charge >= 0.3 is 0 Å². The molecule has 2 rings (SSSR count). The molecule has 2 aliphatic rings. The van der Waals surface area contributed by atoms with Gasteiger partial charge in [0.2, 0.25) is 5.91 Å². The first kappa shape index (κ1) is 7.55. The van der Waals surface area contributed by atoms with Crippen LogP contribution in [0, 0.1) is 0 Å². The van der Waals surface area contributed by atoms with Gasteiger partial charge in [-0.05, 0) is 0 Å². The summed E-state index contributed by atoms with van der Waals surface area (Å²) in [5, 5.41) is 1.46. The summed E-state index contributed by atoms with van der Waals surface area (Å²) >= 11 is 0. The number of amides is 1. The fraction of sp³-hybridized carbons (Fsp3) is 0.444. The van der Waals surface area contributed by atoms with Crippen LogP contribution in [0.15, 0.2) is 24.8 Å². The van der Waals surface area contributed by atoms with E-state index in [0.29, 0.717) is 6.42 Å². The summed E-state index contributed by atoms with van der Waals surface area (Å²) in [6.07, 6.45) is 7.03. The van der Waals surface area contributed by atoms with Crippen LogP contribution < -0.4 is 0 Å². The highest BCUT2D eigenvalue weighted by molar-refractivity contribution is 5.77. The monoisotopic (exact) mass is 165 g/mol. The van der Waals surface area contributed by atoms with Crippen LogP contribution >= 0.6 is 0 Å². The minimum atomic E-state index is 0.00171. The number of carbonyl (C=O) groups excluding carboxylic acids is 1. The second-order valence-corrected chi connectivity index (χ2v) is 3.04. The van der Waals surface area contributed by atoms with Crippen molar-refractivity contribution in [2.45, 2.75) is 25.0 Å². The predicted octanol–water partition coefficient (Wildman–Crippen LogP) is 1.03. The number of hydrogen-bond donors (Lipinski definition) is 0. The molecule has 3 heteroatoms. The van der Waals surface area contributed by atoms with E-state index < -0.39 is 0 Å². The molecule has 3 nitrogen and oxygen atoms in total. The molecule has 1 heterocycles. The van der Waals surface area contributed by atoms with Crippen molar-refractivity contribution >= 4 is 5.91 Å². The first-order valence-corrected chi connectivity index (χ1v) is 4.09. The van der Waals surface area contributed by atoms with Crippen molar-refractivity contribution in [3.8, 4) is 0 Å². The van der Waals surface area contributed by atoms with Crippen molar-refractivity contribution in [3.05, 3.63) is 24.8 Å². The number of nitrogens with zero attached hydrogens (tertiary/aromatic N) is 1. The van der Waals surface area contributed by atoms with E-state index in [1.807, 2.05) is 12.2 Å². The van der Waals surface area contributed by atoms with Gasteiger partial charge in [-0.3, -0.25) is 9.63 Å². The number of carbonyl (C=O) groups is 1. The quantitative estimate of drug-likeness (QED) is 0.572. The lowest BCUT2D eigenvalue weighted by molar-refractivity contribution is -0.181. The van der Waals surface area contributed by atoms with Crippen LogP contribution in [0.3, 0.4) is 0 Å². The van der Waals surface area contributed by atoms with E-state index in [1.165, 1.54) is 5.06 Å². The van der Waals surface area contributed by atoms with Crippen LogP contribution in [0.5, 0.6) is 0 Å². The van der Waals surface area contributed by atoms with E-state index in [9.17, 15) is 4.79 Å². The van der Waals surface area contributed by atoms with Crippen molar-refractivity contribution < 1.29 is 9.63 Å². The van der Waals surface area contributed by atoms with E-state index in [0.717, 1.165) is 6.42 Å². The van der Waals surface area contributed by atoms with Crippen molar-refractivity contribution in [3.63, 3.8) is 0 Å². The smallest absolute Gasteiger partial charge is 0.250 e. The average Bonchev–Trinajstić information content (AvgIpc) is 2.64. The third kappa shape index (κ3) is 1.06. The van der Waals surface area contributed by atoms with Crippen molar-refractivity contribution in [1.82, 2.24) is 5.06 Å². The summed E-state index contributed by atoms with van der Waals surface area (Å²) in [6.45, 7) is 3.51. The van der Waals surface area contributed by atoms with Crippen molar-refractivity contribution in [2.24, 2.45) is 0 Å². The van der Waals surface area contributed by atoms with Crippen LogP contribution in [0.25, 0.3) is 0 Å². The van der Waals surface area contributed by atoms with Crippen molar-refractivity contribution in [2.75, 3.05) is 0 Å². The lowest BCUT2D eigenvalue weighted by Crippen LogP contribution is -2.34. The Hall–Kier alpha value is -1.09. The second kappa shape index (κ2) is 2.75. The van der Waals surface area contributed by atoms with Crippen LogP contribution in [0.1, 0.15) is 12.8 Å². The standard InChI is InChI=1S/C9H11NO2/c1-2-3-9(11)10-7-4-5-8(6-7)12-10/h2,4-5,7-8H,1,3,6H2/t7-,8+/m1/s1. The van der Waals surface area contributed by atoms with E-state index in [1.54, 1.807) is 6.08 Å². The SMILES string of the molecule is C=CCC(=O)N1O[C@H]2C=C[C@@H]1C2. The zero-order valence-electron chi connectivity index (χ0n) is 6.77. The summed E-state index contributed by atoms with van der Waals surface area (Å²) < 4.78 is 0. The van der Waals surface area contributed by atoms with Gasteiger partial charge in [0.15, 0.2) is 0 Å². The Labute approximate surface area is 71.3 Å². The highest BCUT2D eigenvalue weighted by Crippen LogP contribution is 2.29. The highest BCUT2D eigenvalue weighted by Gasteiger charge is 2.37. The molecule has 2 atom stereocenters. The van der Waals surface area contributed by atoms with E-state index in [-0.39, 0.29) is 18.1 Å². The summed E-state index contributed by atoms with van der Waals surface area (Å²) in [5.74, 6) is 0.00171. The molecule has 1 amide bonds. The molecule has 2 bridgehead atoms. The molecule has 0 aromatic rings. The number of hydrogen-bond acceptors (Lipinski definition) is 2. The number of hydroxylamine groups is 2. The molecule has 0 aromatic heterocycles. The van der Waals surface area contributed by atoms with Gasteiger partial charge in [-0.25, -0.2) is 5.06 Å². The minimum Gasteiger partial charge on any atom is -0.272 e. The Morgan fingerprint density at radius 3 is 3.08 bits per heavy atom. The summed E-state index contributed by atoms with van der Waals surface area (Å²) in [6, 6.07) is 0.169. The van der Waals surface area contributed by atoms with Gasteiger partial charge in [-0.1, -0.05) is 18.2 Å². The maximum atomic E-state index is 11.3. The molecule has 64 valence electrons. The van der Waals surface area contributed by atoms with Crippen LogP contribution in [-0.4, -0.2) is 23.1 Å². The molecule has 0 radical (unpaired) electrons. The topological polar surface area (TPSA) is 29.5 Å². The summed E-state index contributed by atoms with van der Waals surface area (Å²) in [5.41, 5.74) is 0. The Balaban J connectivity index is 2.02. The van der Waals surface area contributed by atoms with Crippen LogP contribution in [0.4, 0.5) is 0 Å². The molecule has 12 heavy (non-hydrogen) atoms. The lowest BCUT2D eigenvalue weighted by Gasteiger charge is -2.21. The van der Waals surface area contributed by atoms with Gasteiger partial charge in [-0.15, -0.1) is 6.58 Å². The van der Waals surface area contributed by atoms with Gasteiger partial charge in [-0.2, -0.15) is 0 Å². The van der Waals surface area contributed by atoms with Gasteiger partial charge in [0.05, 0.1) is 6.04 Å². The Bertz CT molecular complexity index is 247. The lowest BCUT2D eigenvalue weighted by atomic mass is 10.2. The molecule has 0 saturated carbocycles. The number of fused-ring (bicyclic) bond motifs is 2. The van der Waals surface area contributed by atoms with Crippen LogP contribution in [0.2, 0.25) is 0 Å². The largest absolute Gasteiger partial charge is 0.272 e.